The van der Waals surface area contributed by atoms with E-state index in [-0.39, 0.29) is 13.0 Å². The van der Waals surface area contributed by atoms with Crippen LogP contribution in [0.1, 0.15) is 46.5 Å². The van der Waals surface area contributed by atoms with Crippen molar-refractivity contribution in [2.45, 2.75) is 58.1 Å². The van der Waals surface area contributed by atoms with E-state index in [0.717, 1.165) is 25.9 Å². The van der Waals surface area contributed by atoms with Gasteiger partial charge in [-0.15, -0.1) is 0 Å². The maximum absolute atomic E-state index is 12.8. The molecule has 0 N–H and O–H groups in total. The molecule has 0 aliphatic carbocycles. The zero-order valence-electron chi connectivity index (χ0n) is 15.6. The fourth-order valence-corrected chi connectivity index (χ4v) is 3.94. The monoisotopic (exact) mass is 355 g/mol. The highest BCUT2D eigenvalue weighted by Gasteiger charge is 2.49. The molecule has 0 unspecified atom stereocenters. The normalized spacial score (nSPS) is 25.3. The molecule has 2 fully saturated rings. The Morgan fingerprint density at radius 2 is 1.92 bits per heavy atom. The van der Waals surface area contributed by atoms with Crippen LogP contribution < -0.4 is 0 Å². The predicted octanol–water partition coefficient (Wildman–Crippen LogP) is 1.53. The second kappa shape index (κ2) is 8.17. The first-order chi connectivity index (χ1) is 11.8. The van der Waals surface area contributed by atoms with E-state index in [1.54, 1.807) is 13.8 Å². The van der Waals surface area contributed by atoms with Crippen LogP contribution in [0, 0.1) is 11.8 Å². The Morgan fingerprint density at radius 1 is 1.20 bits per heavy atom. The first kappa shape index (κ1) is 19.7. The summed E-state index contributed by atoms with van der Waals surface area (Å²) in [4.78, 5) is 38.6. The summed E-state index contributed by atoms with van der Waals surface area (Å²) in [5.41, 5.74) is -1.65. The Morgan fingerprint density at radius 3 is 2.52 bits per heavy atom. The topological polar surface area (TPSA) is 82.1 Å². The van der Waals surface area contributed by atoms with Gasteiger partial charge in [0.25, 0.3) is 0 Å². The van der Waals surface area contributed by atoms with Gasteiger partial charge in [-0.1, -0.05) is 13.8 Å². The second-order valence-corrected chi connectivity index (χ2v) is 7.28. The molecule has 2 saturated heterocycles. The van der Waals surface area contributed by atoms with Gasteiger partial charge in [0.2, 0.25) is 5.60 Å². The van der Waals surface area contributed by atoms with E-state index >= 15 is 0 Å². The molecule has 3 atom stereocenters. The molecule has 2 aliphatic rings. The van der Waals surface area contributed by atoms with Crippen molar-refractivity contribution < 1.29 is 28.6 Å². The third kappa shape index (κ3) is 4.32. The molecular formula is C18H29NO6. The maximum Gasteiger partial charge on any atom is 0.351 e. The van der Waals surface area contributed by atoms with Crippen LogP contribution in [0.25, 0.3) is 0 Å². The summed E-state index contributed by atoms with van der Waals surface area (Å²) in [6, 6.07) is 0.468. The van der Waals surface area contributed by atoms with Gasteiger partial charge in [-0.2, -0.15) is 0 Å². The molecule has 0 saturated carbocycles. The van der Waals surface area contributed by atoms with Gasteiger partial charge in [0, 0.05) is 24.8 Å². The van der Waals surface area contributed by atoms with Crippen molar-refractivity contribution in [3.05, 3.63) is 0 Å². The number of fused-ring (bicyclic) bond motifs is 1. The fourth-order valence-electron chi connectivity index (χ4n) is 3.94. The summed E-state index contributed by atoms with van der Waals surface area (Å²) < 4.78 is 15.5. The summed E-state index contributed by atoms with van der Waals surface area (Å²) in [7, 11) is 1.24. The van der Waals surface area contributed by atoms with Crippen LogP contribution in [0.3, 0.4) is 0 Å². The molecule has 142 valence electrons. The van der Waals surface area contributed by atoms with E-state index in [1.807, 2.05) is 0 Å². The van der Waals surface area contributed by atoms with Gasteiger partial charge in [0.05, 0.1) is 20.1 Å². The fraction of sp³-hybridized carbons (Fsp3) is 0.833. The van der Waals surface area contributed by atoms with E-state index in [9.17, 15) is 14.4 Å². The predicted molar refractivity (Wildman–Crippen MR) is 89.6 cm³/mol. The van der Waals surface area contributed by atoms with Crippen LogP contribution >= 0.6 is 0 Å². The van der Waals surface area contributed by atoms with Gasteiger partial charge in [0.15, 0.2) is 0 Å². The van der Waals surface area contributed by atoms with Crippen LogP contribution in [0.5, 0.6) is 0 Å². The standard InChI is InChI=1S/C18H29NO6/c1-12(2)18(25-13(3)20,10-16(21)23-4)17(22)24-11-14-7-9-19-8-5-6-15(14)19/h12,14-15H,5-11H2,1-4H3/t14-,15-,18+/m1/s1. The molecule has 0 aromatic rings. The summed E-state index contributed by atoms with van der Waals surface area (Å²) in [6.45, 7) is 7.10. The molecule has 7 heteroatoms. The molecule has 0 amide bonds. The highest BCUT2D eigenvalue weighted by molar-refractivity contribution is 5.88. The smallest absolute Gasteiger partial charge is 0.351 e. The van der Waals surface area contributed by atoms with Crippen LogP contribution in [-0.2, 0) is 28.6 Å². The number of esters is 3. The zero-order chi connectivity index (χ0) is 18.6. The second-order valence-electron chi connectivity index (χ2n) is 7.28. The maximum atomic E-state index is 12.8. The molecule has 0 aromatic heterocycles. The van der Waals surface area contributed by atoms with E-state index in [0.29, 0.717) is 12.0 Å². The van der Waals surface area contributed by atoms with E-state index < -0.39 is 29.4 Å². The van der Waals surface area contributed by atoms with Crippen molar-refractivity contribution in [2.24, 2.45) is 11.8 Å². The first-order valence-electron chi connectivity index (χ1n) is 8.98. The number of ether oxygens (including phenoxy) is 3. The molecular weight excluding hydrogens is 326 g/mol. The molecule has 2 heterocycles. The van der Waals surface area contributed by atoms with Gasteiger partial charge in [-0.3, -0.25) is 14.5 Å². The van der Waals surface area contributed by atoms with Gasteiger partial charge < -0.3 is 14.2 Å². The number of hydrogen-bond donors (Lipinski definition) is 0. The lowest BCUT2D eigenvalue weighted by Gasteiger charge is -2.34. The summed E-state index contributed by atoms with van der Waals surface area (Å²) in [5.74, 6) is -2.03. The van der Waals surface area contributed by atoms with Gasteiger partial charge in [-0.05, 0) is 32.4 Å². The average Bonchev–Trinajstić information content (AvgIpc) is 3.14. The number of carbonyl (C=O) groups excluding carboxylic acids is 3. The van der Waals surface area contributed by atoms with Gasteiger partial charge in [0.1, 0.15) is 0 Å². The Kier molecular flexibility index (Phi) is 6.43. The van der Waals surface area contributed by atoms with Crippen molar-refractivity contribution in [2.75, 3.05) is 26.8 Å². The molecule has 2 rings (SSSR count). The molecule has 0 bridgehead atoms. The van der Waals surface area contributed by atoms with E-state index in [1.165, 1.54) is 20.5 Å². The van der Waals surface area contributed by atoms with Crippen LogP contribution in [-0.4, -0.2) is 61.3 Å². The lowest BCUT2D eigenvalue weighted by molar-refractivity contribution is -0.192. The highest BCUT2D eigenvalue weighted by Crippen LogP contribution is 2.34. The first-order valence-corrected chi connectivity index (χ1v) is 8.98. The minimum atomic E-state index is -1.65. The minimum Gasteiger partial charge on any atom is -0.469 e. The van der Waals surface area contributed by atoms with Crippen molar-refractivity contribution in [1.29, 1.82) is 0 Å². The average molecular weight is 355 g/mol. The SMILES string of the molecule is COC(=O)C[C@@](OC(C)=O)(C(=O)OC[C@H]1CCN2CCC[C@H]12)C(C)C. The van der Waals surface area contributed by atoms with Crippen molar-refractivity contribution in [1.82, 2.24) is 4.90 Å². The summed E-state index contributed by atoms with van der Waals surface area (Å²) >= 11 is 0. The largest absolute Gasteiger partial charge is 0.469 e. The lowest BCUT2D eigenvalue weighted by atomic mass is 9.86. The Labute approximate surface area is 149 Å². The zero-order valence-corrected chi connectivity index (χ0v) is 15.6. The quantitative estimate of drug-likeness (QED) is 0.506. The Bertz CT molecular complexity index is 520. The van der Waals surface area contributed by atoms with Gasteiger partial charge in [-0.25, -0.2) is 4.79 Å². The van der Waals surface area contributed by atoms with Crippen LogP contribution in [0.2, 0.25) is 0 Å². The lowest BCUT2D eigenvalue weighted by Crippen LogP contribution is -2.51. The molecule has 0 spiro atoms. The van der Waals surface area contributed by atoms with Crippen molar-refractivity contribution in [3.8, 4) is 0 Å². The molecule has 25 heavy (non-hydrogen) atoms. The third-order valence-electron chi connectivity index (χ3n) is 5.41. The number of nitrogens with zero attached hydrogens (tertiary/aromatic N) is 1. The van der Waals surface area contributed by atoms with E-state index in [4.69, 9.17) is 9.47 Å². The van der Waals surface area contributed by atoms with Crippen molar-refractivity contribution in [3.63, 3.8) is 0 Å². The minimum absolute atomic E-state index is 0.289. The van der Waals surface area contributed by atoms with Crippen molar-refractivity contribution >= 4 is 17.9 Å². The summed E-state index contributed by atoms with van der Waals surface area (Å²) in [5, 5.41) is 0. The number of carbonyl (C=O) groups is 3. The molecule has 0 radical (unpaired) electrons. The van der Waals surface area contributed by atoms with Gasteiger partial charge >= 0.3 is 17.9 Å². The Balaban J connectivity index is 2.08. The highest BCUT2D eigenvalue weighted by atomic mass is 16.6. The number of rotatable bonds is 7. The van der Waals surface area contributed by atoms with Crippen LogP contribution in [0.4, 0.5) is 0 Å². The number of hydrogen-bond acceptors (Lipinski definition) is 7. The summed E-state index contributed by atoms with van der Waals surface area (Å²) in [6.07, 6.45) is 2.96. The molecule has 2 aliphatic heterocycles. The van der Waals surface area contributed by atoms with E-state index in [2.05, 4.69) is 9.64 Å². The third-order valence-corrected chi connectivity index (χ3v) is 5.41. The number of methoxy groups -OCH3 is 1. The Hall–Kier alpha value is -1.63. The van der Waals surface area contributed by atoms with Crippen LogP contribution in [0.15, 0.2) is 0 Å². The molecule has 0 aromatic carbocycles. The molecule has 7 nitrogen and oxygen atoms in total.